The summed E-state index contributed by atoms with van der Waals surface area (Å²) in [6.45, 7) is 13.5. The summed E-state index contributed by atoms with van der Waals surface area (Å²) in [7, 11) is 0. The highest BCUT2D eigenvalue weighted by atomic mass is 35.5. The van der Waals surface area contributed by atoms with Gasteiger partial charge in [0.2, 0.25) is 5.69 Å². The van der Waals surface area contributed by atoms with Crippen molar-refractivity contribution in [2.75, 3.05) is 23.7 Å². The summed E-state index contributed by atoms with van der Waals surface area (Å²) >= 11 is 5.57. The summed E-state index contributed by atoms with van der Waals surface area (Å²) in [4.78, 5) is 2.44. The molecule has 4 aromatic carbocycles. The van der Waals surface area contributed by atoms with Crippen molar-refractivity contribution in [2.45, 2.75) is 96.8 Å². The van der Waals surface area contributed by atoms with Gasteiger partial charge in [0.05, 0.1) is 5.41 Å². The first-order valence-electron chi connectivity index (χ1n) is 19.6. The van der Waals surface area contributed by atoms with Crippen LogP contribution in [-0.2, 0) is 21.9 Å². The first-order valence-corrected chi connectivity index (χ1v) is 21.2. The second-order valence-electron chi connectivity index (χ2n) is 16.0. The molecule has 1 aliphatic carbocycles. The van der Waals surface area contributed by atoms with E-state index >= 15 is 0 Å². The molecule has 53 heavy (non-hydrogen) atoms. The van der Waals surface area contributed by atoms with Crippen molar-refractivity contribution in [1.82, 2.24) is 0 Å². The van der Waals surface area contributed by atoms with E-state index in [0.29, 0.717) is 12.2 Å². The van der Waals surface area contributed by atoms with Gasteiger partial charge in [-0.15, -0.1) is 0 Å². The number of halogens is 1. The standard InChI is InChI=1S/C47H53ClN2O2S/c1-6-7-12-30-49-39-26-22-33-16-8-10-20-37(33)43(39)46(2,3)41(49)28-24-35-18-15-19-36(45(35)48)25-29-42-47(4,5)44-38-21-11-9-17-34(38)23-27-40(44)50(42)31-13-14-32-53(51)52/h8-11,16-17,20-29H,6-7,12-15,18-19,30-32H2,1-5H3/p+1. The Kier molecular flexibility index (Phi) is 11.0. The zero-order valence-electron chi connectivity index (χ0n) is 32.1. The van der Waals surface area contributed by atoms with Gasteiger partial charge in [-0.1, -0.05) is 106 Å². The van der Waals surface area contributed by atoms with E-state index in [1.165, 1.54) is 79.4 Å². The SMILES string of the molecule is CCCCC[N+]1=C(/C=C/C2=C(Cl)C(=C/C=C3/N(CCCCS(=O)O)c4ccc5ccccc5c4C3(C)C)/CCC2)C(C)(C)c2c1ccc1ccccc21. The number of allylic oxidation sites excluding steroid dienone is 8. The molecule has 4 nitrogen and oxygen atoms in total. The average Bonchev–Trinajstić information content (AvgIpc) is 3.50. The Morgan fingerprint density at radius 2 is 1.51 bits per heavy atom. The van der Waals surface area contributed by atoms with Gasteiger partial charge in [0.15, 0.2) is 16.8 Å². The molecule has 1 N–H and O–H groups in total. The van der Waals surface area contributed by atoms with E-state index in [-0.39, 0.29) is 10.8 Å². The molecule has 0 fully saturated rings. The predicted molar refractivity (Wildman–Crippen MR) is 228 cm³/mol. The molecule has 0 radical (unpaired) electrons. The summed E-state index contributed by atoms with van der Waals surface area (Å²) in [5.74, 6) is 0.303. The lowest BCUT2D eigenvalue weighted by atomic mass is 9.78. The zero-order chi connectivity index (χ0) is 37.3. The summed E-state index contributed by atoms with van der Waals surface area (Å²) in [5.41, 5.74) is 9.92. The number of fused-ring (bicyclic) bond motifs is 6. The van der Waals surface area contributed by atoms with Gasteiger partial charge in [-0.3, -0.25) is 0 Å². The van der Waals surface area contributed by atoms with Crippen molar-refractivity contribution in [3.05, 3.63) is 130 Å². The maximum Gasteiger partial charge on any atom is 0.210 e. The molecule has 0 amide bonds. The third kappa shape index (κ3) is 7.13. The van der Waals surface area contributed by atoms with Gasteiger partial charge in [-0.2, -0.15) is 4.58 Å². The second-order valence-corrected chi connectivity index (χ2v) is 17.4. The Bertz CT molecular complexity index is 2240. The van der Waals surface area contributed by atoms with Crippen molar-refractivity contribution < 1.29 is 13.3 Å². The number of unbranched alkanes of at least 4 members (excludes halogenated alkanes) is 3. The van der Waals surface area contributed by atoms with Gasteiger partial charge >= 0.3 is 0 Å². The smallest absolute Gasteiger partial charge is 0.210 e. The minimum Gasteiger partial charge on any atom is -0.344 e. The van der Waals surface area contributed by atoms with Crippen LogP contribution in [0.5, 0.6) is 0 Å². The molecule has 276 valence electrons. The lowest BCUT2D eigenvalue weighted by Crippen LogP contribution is -2.28. The van der Waals surface area contributed by atoms with Crippen molar-refractivity contribution >= 4 is 61.3 Å². The maximum absolute atomic E-state index is 11.4. The Hall–Kier alpha value is -3.77. The molecule has 1 atom stereocenters. The van der Waals surface area contributed by atoms with Gasteiger partial charge in [-0.05, 0) is 109 Å². The van der Waals surface area contributed by atoms with E-state index in [4.69, 9.17) is 11.6 Å². The van der Waals surface area contributed by atoms with Crippen molar-refractivity contribution in [3.63, 3.8) is 0 Å². The monoisotopic (exact) mass is 745 g/mol. The largest absolute Gasteiger partial charge is 0.344 e. The van der Waals surface area contributed by atoms with Crippen LogP contribution in [0.1, 0.15) is 97.1 Å². The van der Waals surface area contributed by atoms with Crippen LogP contribution in [0.4, 0.5) is 11.4 Å². The van der Waals surface area contributed by atoms with Gasteiger partial charge in [0, 0.05) is 58.3 Å². The lowest BCUT2D eigenvalue weighted by Gasteiger charge is -2.27. The number of benzene rings is 4. The highest BCUT2D eigenvalue weighted by Crippen LogP contribution is 2.51. The predicted octanol–water partition coefficient (Wildman–Crippen LogP) is 12.4. The summed E-state index contributed by atoms with van der Waals surface area (Å²) in [6, 6.07) is 26.5. The quantitative estimate of drug-likeness (QED) is 0.0892. The van der Waals surface area contributed by atoms with Crippen LogP contribution in [0.15, 0.2) is 119 Å². The summed E-state index contributed by atoms with van der Waals surface area (Å²) < 4.78 is 23.4. The van der Waals surface area contributed by atoms with Crippen LogP contribution in [0.2, 0.25) is 0 Å². The molecule has 0 saturated heterocycles. The molecule has 0 spiro atoms. The average molecular weight is 746 g/mol. The maximum atomic E-state index is 11.4. The first-order chi connectivity index (χ1) is 25.5. The minimum absolute atomic E-state index is 0.146. The topological polar surface area (TPSA) is 43.5 Å². The van der Waals surface area contributed by atoms with E-state index in [1.807, 2.05) is 0 Å². The third-order valence-corrected chi connectivity index (χ3v) is 12.9. The highest BCUT2D eigenvalue weighted by Gasteiger charge is 2.45. The molecule has 0 aromatic heterocycles. The molecule has 4 aromatic rings. The van der Waals surface area contributed by atoms with Crippen LogP contribution in [0, 0.1) is 0 Å². The Balaban J connectivity index is 1.24. The van der Waals surface area contributed by atoms with Crippen LogP contribution < -0.4 is 4.90 Å². The highest BCUT2D eigenvalue weighted by molar-refractivity contribution is 7.79. The molecule has 6 heteroatoms. The normalized spacial score (nSPS) is 20.1. The Morgan fingerprint density at radius 3 is 2.23 bits per heavy atom. The van der Waals surface area contributed by atoms with E-state index in [2.05, 4.69) is 141 Å². The molecule has 7 rings (SSSR count). The van der Waals surface area contributed by atoms with Crippen LogP contribution in [-0.4, -0.2) is 37.9 Å². The van der Waals surface area contributed by atoms with E-state index in [0.717, 1.165) is 50.2 Å². The van der Waals surface area contributed by atoms with Gasteiger partial charge in [0.25, 0.3) is 0 Å². The number of anilines is 1. The molecule has 0 saturated carbocycles. The Labute approximate surface area is 323 Å². The first kappa shape index (κ1) is 37.5. The molecule has 3 aliphatic rings. The van der Waals surface area contributed by atoms with E-state index in [9.17, 15) is 8.76 Å². The van der Waals surface area contributed by atoms with Crippen LogP contribution in [0.3, 0.4) is 0 Å². The minimum atomic E-state index is -1.77. The molecule has 2 aliphatic heterocycles. The molecular formula is C47H54ClN2O2S+. The van der Waals surface area contributed by atoms with E-state index < -0.39 is 11.1 Å². The fourth-order valence-corrected chi connectivity index (χ4v) is 9.90. The van der Waals surface area contributed by atoms with E-state index in [1.54, 1.807) is 0 Å². The number of rotatable bonds is 12. The van der Waals surface area contributed by atoms with Gasteiger partial charge in [0.1, 0.15) is 6.54 Å². The van der Waals surface area contributed by atoms with Crippen molar-refractivity contribution in [2.24, 2.45) is 0 Å². The third-order valence-electron chi connectivity index (χ3n) is 11.8. The van der Waals surface area contributed by atoms with Crippen LogP contribution in [0.25, 0.3) is 21.5 Å². The van der Waals surface area contributed by atoms with Crippen LogP contribution >= 0.6 is 11.6 Å². The van der Waals surface area contributed by atoms with Crippen molar-refractivity contribution in [1.29, 1.82) is 0 Å². The lowest BCUT2D eigenvalue weighted by molar-refractivity contribution is -0.438. The molecular weight excluding hydrogens is 692 g/mol. The van der Waals surface area contributed by atoms with Crippen molar-refractivity contribution in [3.8, 4) is 0 Å². The number of hydrogen-bond donors (Lipinski definition) is 1. The zero-order valence-corrected chi connectivity index (χ0v) is 33.6. The summed E-state index contributed by atoms with van der Waals surface area (Å²) in [5, 5.41) is 6.03. The Morgan fingerprint density at radius 1 is 0.811 bits per heavy atom. The summed E-state index contributed by atoms with van der Waals surface area (Å²) in [6.07, 6.45) is 17.3. The molecule has 2 heterocycles. The fraction of sp³-hybridized carbons (Fsp3) is 0.383. The van der Waals surface area contributed by atoms with Gasteiger partial charge in [-0.25, -0.2) is 4.21 Å². The number of hydrogen-bond acceptors (Lipinski definition) is 2. The molecule has 0 bridgehead atoms. The fourth-order valence-electron chi connectivity index (χ4n) is 9.13. The number of nitrogens with zero attached hydrogens (tertiary/aromatic N) is 2. The molecule has 1 unspecified atom stereocenters. The van der Waals surface area contributed by atoms with Gasteiger partial charge < -0.3 is 9.45 Å². The second kappa shape index (κ2) is 15.5.